The lowest BCUT2D eigenvalue weighted by Crippen LogP contribution is -2.50. The standard InChI is InChI=1S/C15H16F2N2O5/c16-8-1-3-10(17)12(5-8)19-15(23)18-11-4-2-9(6-14(21)22)24-13(11)7-20/h1-5,9,11,13,20H,6-7H2,(H,21,22)(H2,18,19,23)/t9-,11-,13+/m1/s1. The van der Waals surface area contributed by atoms with Gasteiger partial charge < -0.3 is 25.6 Å². The number of rotatable bonds is 5. The predicted octanol–water partition coefficient (Wildman–Crippen LogP) is 1.25. The molecule has 4 N–H and O–H groups in total. The highest BCUT2D eigenvalue weighted by Gasteiger charge is 2.29. The second kappa shape index (κ2) is 7.84. The van der Waals surface area contributed by atoms with Crippen molar-refractivity contribution in [3.05, 3.63) is 42.0 Å². The van der Waals surface area contributed by atoms with Gasteiger partial charge in [0.25, 0.3) is 0 Å². The fraction of sp³-hybridized carbons (Fsp3) is 0.333. The van der Waals surface area contributed by atoms with Crippen molar-refractivity contribution >= 4 is 17.7 Å². The fourth-order valence-electron chi connectivity index (χ4n) is 2.21. The van der Waals surface area contributed by atoms with Crippen LogP contribution in [0, 0.1) is 11.6 Å². The molecule has 3 atom stereocenters. The summed E-state index contributed by atoms with van der Waals surface area (Å²) >= 11 is 0. The zero-order chi connectivity index (χ0) is 17.7. The minimum atomic E-state index is -1.06. The fourth-order valence-corrected chi connectivity index (χ4v) is 2.21. The first-order chi connectivity index (χ1) is 11.4. The van der Waals surface area contributed by atoms with Gasteiger partial charge in [0, 0.05) is 6.07 Å². The van der Waals surface area contributed by atoms with Crippen LogP contribution in [0.15, 0.2) is 30.4 Å². The number of carbonyl (C=O) groups excluding carboxylic acids is 1. The maximum atomic E-state index is 13.5. The van der Waals surface area contributed by atoms with Gasteiger partial charge in [-0.1, -0.05) is 12.2 Å². The molecule has 0 aromatic heterocycles. The highest BCUT2D eigenvalue weighted by Crippen LogP contribution is 2.17. The third-order valence-corrected chi connectivity index (χ3v) is 3.31. The lowest BCUT2D eigenvalue weighted by Gasteiger charge is -2.31. The molecule has 7 nitrogen and oxygen atoms in total. The van der Waals surface area contributed by atoms with Crippen molar-refractivity contribution in [3.8, 4) is 0 Å². The Bertz CT molecular complexity index is 653. The van der Waals surface area contributed by atoms with Gasteiger partial charge in [-0.25, -0.2) is 13.6 Å². The molecule has 2 amide bonds. The number of aliphatic carboxylic acids is 1. The smallest absolute Gasteiger partial charge is 0.319 e. The van der Waals surface area contributed by atoms with Crippen LogP contribution in [0.4, 0.5) is 19.3 Å². The quantitative estimate of drug-likeness (QED) is 0.602. The summed E-state index contributed by atoms with van der Waals surface area (Å²) in [5, 5.41) is 22.6. The van der Waals surface area contributed by atoms with Crippen LogP contribution in [0.1, 0.15) is 6.42 Å². The molecule has 0 saturated heterocycles. The van der Waals surface area contributed by atoms with Gasteiger partial charge in [0.05, 0.1) is 30.9 Å². The number of anilines is 1. The maximum Gasteiger partial charge on any atom is 0.319 e. The van der Waals surface area contributed by atoms with Gasteiger partial charge in [-0.3, -0.25) is 4.79 Å². The molecule has 1 aliphatic rings. The Hall–Kier alpha value is -2.52. The molecule has 1 aromatic carbocycles. The Kier molecular flexibility index (Phi) is 5.83. The number of ether oxygens (including phenoxy) is 1. The number of nitrogens with one attached hydrogen (secondary N) is 2. The van der Waals surface area contributed by atoms with Gasteiger partial charge in [0.15, 0.2) is 0 Å². The molecule has 0 unspecified atom stereocenters. The van der Waals surface area contributed by atoms with Gasteiger partial charge in [-0.05, 0) is 12.1 Å². The van der Waals surface area contributed by atoms with Crippen LogP contribution in [-0.2, 0) is 9.53 Å². The van der Waals surface area contributed by atoms with Crippen LogP contribution in [0.25, 0.3) is 0 Å². The van der Waals surface area contributed by atoms with Gasteiger partial charge in [-0.2, -0.15) is 0 Å². The SMILES string of the molecule is O=C(O)C[C@H]1C=C[C@@H](NC(=O)Nc2cc(F)ccc2F)[C@H](CO)O1. The molecule has 0 fully saturated rings. The minimum absolute atomic E-state index is 0.277. The summed E-state index contributed by atoms with van der Waals surface area (Å²) in [6.07, 6.45) is 1.08. The summed E-state index contributed by atoms with van der Waals surface area (Å²) in [5.41, 5.74) is -0.336. The third-order valence-electron chi connectivity index (χ3n) is 3.31. The Morgan fingerprint density at radius 2 is 2.00 bits per heavy atom. The molecule has 130 valence electrons. The van der Waals surface area contributed by atoms with Gasteiger partial charge in [0.2, 0.25) is 0 Å². The summed E-state index contributed by atoms with van der Waals surface area (Å²) in [5.74, 6) is -2.58. The average Bonchev–Trinajstić information content (AvgIpc) is 2.51. The van der Waals surface area contributed by atoms with Crippen LogP contribution in [0.3, 0.4) is 0 Å². The molecule has 0 bridgehead atoms. The van der Waals surface area contributed by atoms with Crippen LogP contribution in [0.5, 0.6) is 0 Å². The number of urea groups is 1. The minimum Gasteiger partial charge on any atom is -0.481 e. The molecule has 1 aromatic rings. The normalized spacial score (nSPS) is 22.9. The molecule has 24 heavy (non-hydrogen) atoms. The van der Waals surface area contributed by atoms with Crippen molar-refractivity contribution in [2.45, 2.75) is 24.7 Å². The molecule has 0 saturated carbocycles. The first-order valence-electron chi connectivity index (χ1n) is 7.08. The molecular weight excluding hydrogens is 326 g/mol. The lowest BCUT2D eigenvalue weighted by molar-refractivity contribution is -0.141. The number of hydrogen-bond donors (Lipinski definition) is 4. The van der Waals surface area contributed by atoms with Crippen molar-refractivity contribution < 1.29 is 33.3 Å². The zero-order valence-corrected chi connectivity index (χ0v) is 12.4. The molecule has 0 spiro atoms. The van der Waals surface area contributed by atoms with Crippen LogP contribution in [0.2, 0.25) is 0 Å². The number of aliphatic hydroxyl groups is 1. The van der Waals surface area contributed by atoms with Gasteiger partial charge in [-0.15, -0.1) is 0 Å². The second-order valence-electron chi connectivity index (χ2n) is 5.13. The number of halogens is 2. The van der Waals surface area contributed by atoms with Crippen molar-refractivity contribution in [1.82, 2.24) is 5.32 Å². The van der Waals surface area contributed by atoms with E-state index in [2.05, 4.69) is 10.6 Å². The maximum absolute atomic E-state index is 13.5. The Morgan fingerprint density at radius 1 is 1.25 bits per heavy atom. The van der Waals surface area contributed by atoms with E-state index in [1.54, 1.807) is 0 Å². The zero-order valence-electron chi connectivity index (χ0n) is 12.4. The molecule has 2 rings (SSSR count). The van der Waals surface area contributed by atoms with E-state index in [9.17, 15) is 23.5 Å². The molecule has 9 heteroatoms. The summed E-state index contributed by atoms with van der Waals surface area (Å²) in [7, 11) is 0. The Balaban J connectivity index is 2.00. The number of carboxylic acids is 1. The molecule has 0 aliphatic carbocycles. The van der Waals surface area contributed by atoms with Gasteiger partial charge in [0.1, 0.15) is 17.7 Å². The number of benzene rings is 1. The monoisotopic (exact) mass is 342 g/mol. The highest BCUT2D eigenvalue weighted by atomic mass is 19.1. The topological polar surface area (TPSA) is 108 Å². The Morgan fingerprint density at radius 3 is 2.67 bits per heavy atom. The number of amides is 2. The molecule has 1 aliphatic heterocycles. The van der Waals surface area contributed by atoms with Crippen LogP contribution >= 0.6 is 0 Å². The van der Waals surface area contributed by atoms with Crippen molar-refractivity contribution in [2.24, 2.45) is 0 Å². The van der Waals surface area contributed by atoms with E-state index in [4.69, 9.17) is 9.84 Å². The number of carboxylic acid groups (broad SMARTS) is 1. The van der Waals surface area contributed by atoms with E-state index in [1.807, 2.05) is 0 Å². The number of carbonyl (C=O) groups is 2. The van der Waals surface area contributed by atoms with E-state index < -0.39 is 48.5 Å². The average molecular weight is 342 g/mol. The largest absolute Gasteiger partial charge is 0.481 e. The van der Waals surface area contributed by atoms with E-state index in [-0.39, 0.29) is 12.1 Å². The molecular formula is C15H16F2N2O5. The summed E-state index contributed by atoms with van der Waals surface area (Å²) in [6, 6.07) is 1.04. The van der Waals surface area contributed by atoms with Gasteiger partial charge >= 0.3 is 12.0 Å². The number of hydrogen-bond acceptors (Lipinski definition) is 4. The van der Waals surface area contributed by atoms with E-state index in [0.717, 1.165) is 18.2 Å². The Labute approximate surface area is 135 Å². The van der Waals surface area contributed by atoms with E-state index in [1.165, 1.54) is 12.2 Å². The number of aliphatic hydroxyl groups excluding tert-OH is 1. The van der Waals surface area contributed by atoms with E-state index >= 15 is 0 Å². The van der Waals surface area contributed by atoms with Crippen LogP contribution < -0.4 is 10.6 Å². The third kappa shape index (κ3) is 4.74. The predicted molar refractivity (Wildman–Crippen MR) is 79.4 cm³/mol. The highest BCUT2D eigenvalue weighted by molar-refractivity contribution is 5.89. The van der Waals surface area contributed by atoms with E-state index in [0.29, 0.717) is 0 Å². The summed E-state index contributed by atoms with van der Waals surface area (Å²) in [4.78, 5) is 22.6. The first kappa shape index (κ1) is 17.8. The molecule has 1 heterocycles. The van der Waals surface area contributed by atoms with Crippen molar-refractivity contribution in [1.29, 1.82) is 0 Å². The summed E-state index contributed by atoms with van der Waals surface area (Å²) in [6.45, 7) is -0.459. The van der Waals surface area contributed by atoms with Crippen molar-refractivity contribution in [3.63, 3.8) is 0 Å². The van der Waals surface area contributed by atoms with Crippen molar-refractivity contribution in [2.75, 3.05) is 11.9 Å². The molecule has 0 radical (unpaired) electrons. The summed E-state index contributed by atoms with van der Waals surface area (Å²) < 4.78 is 31.9. The second-order valence-corrected chi connectivity index (χ2v) is 5.13. The van der Waals surface area contributed by atoms with Crippen LogP contribution in [-0.4, -0.2) is 47.1 Å². The lowest BCUT2D eigenvalue weighted by atomic mass is 10.1. The first-order valence-corrected chi connectivity index (χ1v) is 7.08.